The van der Waals surface area contributed by atoms with Crippen LogP contribution in [0, 0.1) is 34.0 Å². The van der Waals surface area contributed by atoms with Crippen molar-refractivity contribution in [3.8, 4) is 29.5 Å². The van der Waals surface area contributed by atoms with Crippen LogP contribution in [-0.2, 0) is 6.18 Å². The molecule has 9 heteroatoms. The summed E-state index contributed by atoms with van der Waals surface area (Å²) < 4.78 is 39.5. The van der Waals surface area contributed by atoms with Gasteiger partial charge in [-0.15, -0.1) is 0 Å². The summed E-state index contributed by atoms with van der Waals surface area (Å²) in [7, 11) is 3.19. The molecule has 0 aliphatic rings. The van der Waals surface area contributed by atoms with Crippen LogP contribution in [0.1, 0.15) is 5.56 Å². The lowest BCUT2D eigenvalue weighted by Gasteiger charge is -2.16. The van der Waals surface area contributed by atoms with E-state index in [1.165, 1.54) is 29.2 Å². The molecule has 1 aromatic carbocycles. The van der Waals surface area contributed by atoms with E-state index in [2.05, 4.69) is 10.3 Å². The van der Waals surface area contributed by atoms with Crippen LogP contribution in [-0.4, -0.2) is 19.1 Å². The number of nitrogens with zero attached hydrogens (tertiary/aromatic N) is 5. The van der Waals surface area contributed by atoms with Crippen molar-refractivity contribution in [1.29, 1.82) is 15.8 Å². The molecule has 2 rings (SSSR count). The molecule has 6 nitrogen and oxygen atoms in total. The van der Waals surface area contributed by atoms with Crippen LogP contribution in [0.25, 0.3) is 11.3 Å². The zero-order valence-electron chi connectivity index (χ0n) is 14.8. The fraction of sp³-hybridized carbons (Fsp3) is 0.158. The van der Waals surface area contributed by atoms with Crippen LogP contribution in [0.2, 0.25) is 0 Å². The second kappa shape index (κ2) is 8.11. The molecule has 1 aromatic heterocycles. The van der Waals surface area contributed by atoms with Crippen molar-refractivity contribution in [3.63, 3.8) is 0 Å². The fourth-order valence-electron chi connectivity index (χ4n) is 2.21. The second-order valence-corrected chi connectivity index (χ2v) is 5.78. The lowest BCUT2D eigenvalue weighted by molar-refractivity contribution is -0.137. The molecule has 0 spiro atoms. The van der Waals surface area contributed by atoms with Gasteiger partial charge >= 0.3 is 6.18 Å². The molecule has 0 radical (unpaired) electrons. The van der Waals surface area contributed by atoms with Crippen LogP contribution >= 0.6 is 0 Å². The number of aromatic nitrogens is 1. The zero-order valence-corrected chi connectivity index (χ0v) is 14.8. The molecule has 0 aliphatic heterocycles. The van der Waals surface area contributed by atoms with Gasteiger partial charge in [0.2, 0.25) is 0 Å². The third-order valence-electron chi connectivity index (χ3n) is 3.63. The molecular weight excluding hydrogens is 369 g/mol. The highest BCUT2D eigenvalue weighted by Crippen LogP contribution is 2.34. The number of anilines is 2. The number of rotatable bonds is 4. The minimum Gasteiger partial charge on any atom is -0.363 e. The smallest absolute Gasteiger partial charge is 0.363 e. The monoisotopic (exact) mass is 382 g/mol. The average molecular weight is 382 g/mol. The van der Waals surface area contributed by atoms with E-state index in [0.717, 1.165) is 12.1 Å². The van der Waals surface area contributed by atoms with Crippen LogP contribution < -0.4 is 10.2 Å². The van der Waals surface area contributed by atoms with E-state index in [0.29, 0.717) is 11.3 Å². The molecule has 0 saturated heterocycles. The Morgan fingerprint density at radius 2 is 1.61 bits per heavy atom. The SMILES string of the molecule is CN(C)c1cc(C(F)(F)F)cc(-c2ccc(NC(C#N)=C(C#N)C#N)cc2)n1. The van der Waals surface area contributed by atoms with Crippen molar-refractivity contribution in [1.82, 2.24) is 4.98 Å². The zero-order chi connectivity index (χ0) is 20.9. The largest absolute Gasteiger partial charge is 0.416 e. The number of alkyl halides is 3. The lowest BCUT2D eigenvalue weighted by atomic mass is 10.1. The van der Waals surface area contributed by atoms with Gasteiger partial charge in [-0.1, -0.05) is 12.1 Å². The van der Waals surface area contributed by atoms with Crippen molar-refractivity contribution in [2.45, 2.75) is 6.18 Å². The highest BCUT2D eigenvalue weighted by Gasteiger charge is 2.32. The normalized spacial score (nSPS) is 10.2. The average Bonchev–Trinajstić information content (AvgIpc) is 2.67. The summed E-state index contributed by atoms with van der Waals surface area (Å²) >= 11 is 0. The molecule has 2 aromatic rings. The maximum absolute atomic E-state index is 13.2. The van der Waals surface area contributed by atoms with Crippen molar-refractivity contribution >= 4 is 11.5 Å². The number of hydrogen-bond donors (Lipinski definition) is 1. The third kappa shape index (κ3) is 4.57. The first-order valence-corrected chi connectivity index (χ1v) is 7.78. The van der Waals surface area contributed by atoms with Gasteiger partial charge in [-0.2, -0.15) is 29.0 Å². The molecule has 0 fully saturated rings. The van der Waals surface area contributed by atoms with E-state index in [4.69, 9.17) is 15.8 Å². The number of halogens is 3. The number of nitrogens with one attached hydrogen (secondary N) is 1. The fourth-order valence-corrected chi connectivity index (χ4v) is 2.21. The van der Waals surface area contributed by atoms with E-state index < -0.39 is 11.7 Å². The Kier molecular flexibility index (Phi) is 5.88. The van der Waals surface area contributed by atoms with Crippen LogP contribution in [0.5, 0.6) is 0 Å². The van der Waals surface area contributed by atoms with Gasteiger partial charge in [-0.05, 0) is 24.3 Å². The molecule has 0 aliphatic carbocycles. The number of nitriles is 3. The summed E-state index contributed by atoms with van der Waals surface area (Å²) in [6, 6.07) is 12.9. The molecule has 0 bridgehead atoms. The molecule has 0 unspecified atom stereocenters. The molecular formula is C19H13F3N6. The summed E-state index contributed by atoms with van der Waals surface area (Å²) in [5.74, 6) is 0.161. The predicted octanol–water partition coefficient (Wildman–Crippen LogP) is 4.07. The van der Waals surface area contributed by atoms with Crippen molar-refractivity contribution in [2.75, 3.05) is 24.3 Å². The lowest BCUT2D eigenvalue weighted by Crippen LogP contribution is -2.14. The highest BCUT2D eigenvalue weighted by atomic mass is 19.4. The first-order valence-electron chi connectivity index (χ1n) is 7.78. The Labute approximate surface area is 159 Å². The third-order valence-corrected chi connectivity index (χ3v) is 3.63. The number of benzene rings is 1. The summed E-state index contributed by atoms with van der Waals surface area (Å²) in [6.45, 7) is 0. The maximum Gasteiger partial charge on any atom is 0.416 e. The summed E-state index contributed by atoms with van der Waals surface area (Å²) in [4.78, 5) is 5.71. The topological polar surface area (TPSA) is 99.5 Å². The summed E-state index contributed by atoms with van der Waals surface area (Å²) in [5.41, 5.74) is -0.445. The van der Waals surface area contributed by atoms with Gasteiger partial charge in [0.25, 0.3) is 0 Å². The first-order chi connectivity index (χ1) is 13.2. The molecule has 0 atom stereocenters. The van der Waals surface area contributed by atoms with E-state index >= 15 is 0 Å². The molecule has 140 valence electrons. The highest BCUT2D eigenvalue weighted by molar-refractivity contribution is 5.67. The molecule has 28 heavy (non-hydrogen) atoms. The minimum absolute atomic E-state index is 0.135. The standard InChI is InChI=1S/C19H13F3N6/c1-28(2)18-8-14(19(20,21)22)7-16(27-18)12-3-5-15(6-4-12)26-17(11-25)13(9-23)10-24/h3-8,26H,1-2H3. The Morgan fingerprint density at radius 1 is 1.00 bits per heavy atom. The van der Waals surface area contributed by atoms with Gasteiger partial charge in [-0.3, -0.25) is 0 Å². The van der Waals surface area contributed by atoms with Crippen LogP contribution in [0.15, 0.2) is 47.7 Å². The quantitative estimate of drug-likeness (QED) is 0.800. The van der Waals surface area contributed by atoms with Gasteiger partial charge < -0.3 is 10.2 Å². The van der Waals surface area contributed by atoms with E-state index in [-0.39, 0.29) is 22.8 Å². The number of pyridine rings is 1. The Bertz CT molecular complexity index is 1020. The Hall–Kier alpha value is -4.03. The van der Waals surface area contributed by atoms with Crippen molar-refractivity contribution in [3.05, 3.63) is 53.2 Å². The van der Waals surface area contributed by atoms with Crippen LogP contribution in [0.4, 0.5) is 24.7 Å². The molecule has 1 N–H and O–H groups in total. The van der Waals surface area contributed by atoms with E-state index in [9.17, 15) is 13.2 Å². The predicted molar refractivity (Wildman–Crippen MR) is 96.5 cm³/mol. The Balaban J connectivity index is 2.43. The summed E-state index contributed by atoms with van der Waals surface area (Å²) in [6.07, 6.45) is -4.51. The maximum atomic E-state index is 13.2. The van der Waals surface area contributed by atoms with Gasteiger partial charge in [0.1, 0.15) is 29.7 Å². The number of hydrogen-bond acceptors (Lipinski definition) is 6. The van der Waals surface area contributed by atoms with Gasteiger partial charge in [0.15, 0.2) is 5.57 Å². The van der Waals surface area contributed by atoms with Crippen LogP contribution in [0.3, 0.4) is 0 Å². The van der Waals surface area contributed by atoms with Gasteiger partial charge in [0, 0.05) is 25.3 Å². The van der Waals surface area contributed by atoms with Gasteiger partial charge in [0.05, 0.1) is 11.3 Å². The second-order valence-electron chi connectivity index (χ2n) is 5.78. The molecule has 0 amide bonds. The van der Waals surface area contributed by atoms with Crippen molar-refractivity contribution in [2.24, 2.45) is 0 Å². The number of allylic oxidation sites excluding steroid dienone is 2. The molecule has 1 heterocycles. The minimum atomic E-state index is -4.51. The van der Waals surface area contributed by atoms with Crippen molar-refractivity contribution < 1.29 is 13.2 Å². The van der Waals surface area contributed by atoms with E-state index in [1.807, 2.05) is 0 Å². The van der Waals surface area contributed by atoms with E-state index in [1.54, 1.807) is 32.3 Å². The van der Waals surface area contributed by atoms with Gasteiger partial charge in [-0.25, -0.2) is 4.98 Å². The first kappa shape index (κ1) is 20.3. The Morgan fingerprint density at radius 3 is 2.07 bits per heavy atom. The molecule has 0 saturated carbocycles. The summed E-state index contributed by atoms with van der Waals surface area (Å²) in [5, 5.41) is 29.4.